The van der Waals surface area contributed by atoms with Crippen molar-refractivity contribution in [3.8, 4) is 0 Å². The van der Waals surface area contributed by atoms with E-state index in [2.05, 4.69) is 5.32 Å². The summed E-state index contributed by atoms with van der Waals surface area (Å²) in [5, 5.41) is 2.85. The Labute approximate surface area is 99.7 Å². The van der Waals surface area contributed by atoms with E-state index in [1.807, 2.05) is 0 Å². The lowest BCUT2D eigenvalue weighted by Gasteiger charge is -2.31. The number of nitrogens with one attached hydrogen (secondary N) is 1. The smallest absolute Gasteiger partial charge is 0.313 e. The highest BCUT2D eigenvalue weighted by molar-refractivity contribution is 7.90. The zero-order chi connectivity index (χ0) is 13.1. The van der Waals surface area contributed by atoms with Gasteiger partial charge in [-0.1, -0.05) is 0 Å². The normalized spacial score (nSPS) is 27.1. The number of hydrogen-bond acceptors (Lipinski definition) is 3. The van der Waals surface area contributed by atoms with Crippen LogP contribution in [0, 0.1) is 5.92 Å². The van der Waals surface area contributed by atoms with Gasteiger partial charge in [-0.2, -0.15) is 13.2 Å². The zero-order valence-corrected chi connectivity index (χ0v) is 10.6. The van der Waals surface area contributed by atoms with Gasteiger partial charge in [0.1, 0.15) is 9.84 Å². The van der Waals surface area contributed by atoms with Gasteiger partial charge in [0, 0.05) is 24.6 Å². The van der Waals surface area contributed by atoms with Crippen molar-refractivity contribution in [2.75, 3.05) is 18.6 Å². The fourth-order valence-corrected chi connectivity index (χ4v) is 2.72. The predicted molar refractivity (Wildman–Crippen MR) is 59.5 cm³/mol. The van der Waals surface area contributed by atoms with Crippen LogP contribution in [0.1, 0.15) is 25.7 Å². The molecule has 1 aliphatic heterocycles. The second-order valence-electron chi connectivity index (χ2n) is 4.69. The number of halogens is 3. The molecule has 0 aromatic heterocycles. The van der Waals surface area contributed by atoms with Crippen molar-refractivity contribution in [3.05, 3.63) is 0 Å². The topological polar surface area (TPSA) is 46.2 Å². The summed E-state index contributed by atoms with van der Waals surface area (Å²) in [5.74, 6) is -1.15. The van der Waals surface area contributed by atoms with Crippen molar-refractivity contribution >= 4 is 9.84 Å². The third-order valence-corrected chi connectivity index (χ3v) is 4.08. The molecule has 2 unspecified atom stereocenters. The van der Waals surface area contributed by atoms with Gasteiger partial charge in [-0.15, -0.1) is 0 Å². The Morgan fingerprint density at radius 3 is 2.35 bits per heavy atom. The number of rotatable bonds is 4. The minimum absolute atomic E-state index is 0.0235. The molecule has 102 valence electrons. The van der Waals surface area contributed by atoms with Crippen LogP contribution in [0.3, 0.4) is 0 Å². The van der Waals surface area contributed by atoms with Crippen molar-refractivity contribution < 1.29 is 21.6 Å². The molecule has 0 amide bonds. The maximum atomic E-state index is 12.4. The van der Waals surface area contributed by atoms with Gasteiger partial charge in [0.2, 0.25) is 0 Å². The molecule has 1 aliphatic rings. The van der Waals surface area contributed by atoms with Crippen molar-refractivity contribution in [2.45, 2.75) is 37.9 Å². The lowest BCUT2D eigenvalue weighted by molar-refractivity contribution is -0.179. The molecule has 3 nitrogen and oxygen atoms in total. The summed E-state index contributed by atoms with van der Waals surface area (Å²) in [7, 11) is -2.97. The highest BCUT2D eigenvalue weighted by Crippen LogP contribution is 2.32. The molecular formula is C10H18F3NO2S. The first-order valence-corrected chi connectivity index (χ1v) is 7.72. The average Bonchev–Trinajstić information content (AvgIpc) is 2.15. The highest BCUT2D eigenvalue weighted by atomic mass is 32.2. The van der Waals surface area contributed by atoms with Crippen LogP contribution >= 0.6 is 0 Å². The molecule has 0 radical (unpaired) electrons. The van der Waals surface area contributed by atoms with Gasteiger partial charge in [-0.25, -0.2) is 8.42 Å². The predicted octanol–water partition coefficient (Wildman–Crippen LogP) is 1.74. The second kappa shape index (κ2) is 5.56. The first-order chi connectivity index (χ1) is 7.68. The van der Waals surface area contributed by atoms with Crippen LogP contribution in [0.2, 0.25) is 0 Å². The van der Waals surface area contributed by atoms with Crippen LogP contribution in [0.4, 0.5) is 13.2 Å². The molecule has 0 spiro atoms. The van der Waals surface area contributed by atoms with E-state index < -0.39 is 21.9 Å². The van der Waals surface area contributed by atoms with Gasteiger partial charge in [0.15, 0.2) is 0 Å². The summed E-state index contributed by atoms with van der Waals surface area (Å²) < 4.78 is 58.8. The summed E-state index contributed by atoms with van der Waals surface area (Å²) in [6.07, 6.45) is -1.22. The van der Waals surface area contributed by atoms with E-state index in [0.29, 0.717) is 19.3 Å². The van der Waals surface area contributed by atoms with E-state index in [1.54, 1.807) is 0 Å². The molecule has 1 fully saturated rings. The molecule has 0 aliphatic carbocycles. The Morgan fingerprint density at radius 1 is 1.29 bits per heavy atom. The average molecular weight is 273 g/mol. The first kappa shape index (κ1) is 14.8. The molecule has 0 bridgehead atoms. The van der Waals surface area contributed by atoms with E-state index in [-0.39, 0.29) is 24.8 Å². The fraction of sp³-hybridized carbons (Fsp3) is 1.00. The van der Waals surface area contributed by atoms with Crippen LogP contribution in [-0.4, -0.2) is 39.2 Å². The molecule has 1 heterocycles. The van der Waals surface area contributed by atoms with Gasteiger partial charge in [-0.3, -0.25) is 0 Å². The fourth-order valence-electron chi connectivity index (χ4n) is 2.03. The summed E-state index contributed by atoms with van der Waals surface area (Å²) in [6, 6.07) is 0.0235. The third-order valence-electron chi connectivity index (χ3n) is 3.05. The lowest BCUT2D eigenvalue weighted by Crippen LogP contribution is -2.44. The minimum atomic E-state index is -4.12. The first-order valence-electron chi connectivity index (χ1n) is 5.66. The van der Waals surface area contributed by atoms with Crippen LogP contribution in [0.15, 0.2) is 0 Å². The Bertz CT molecular complexity index is 332. The molecule has 2 atom stereocenters. The van der Waals surface area contributed by atoms with Crippen LogP contribution in [-0.2, 0) is 9.84 Å². The molecule has 0 aromatic rings. The van der Waals surface area contributed by atoms with Crippen molar-refractivity contribution in [1.29, 1.82) is 0 Å². The molecule has 0 aromatic carbocycles. The molecule has 7 heteroatoms. The van der Waals surface area contributed by atoms with Gasteiger partial charge in [0.25, 0.3) is 0 Å². The quantitative estimate of drug-likeness (QED) is 0.848. The summed E-state index contributed by atoms with van der Waals surface area (Å²) >= 11 is 0. The minimum Gasteiger partial charge on any atom is -0.313 e. The highest BCUT2D eigenvalue weighted by Gasteiger charge is 2.41. The Morgan fingerprint density at radius 2 is 1.94 bits per heavy atom. The van der Waals surface area contributed by atoms with Gasteiger partial charge >= 0.3 is 6.18 Å². The van der Waals surface area contributed by atoms with E-state index in [0.717, 1.165) is 0 Å². The monoisotopic (exact) mass is 273 g/mol. The molecule has 17 heavy (non-hydrogen) atoms. The largest absolute Gasteiger partial charge is 0.393 e. The Hall–Kier alpha value is -0.300. The summed E-state index contributed by atoms with van der Waals surface area (Å²) in [5.41, 5.74) is 0. The number of sulfone groups is 1. The van der Waals surface area contributed by atoms with E-state index in [4.69, 9.17) is 0 Å². The van der Waals surface area contributed by atoms with E-state index >= 15 is 0 Å². The Kier molecular flexibility index (Phi) is 4.83. The van der Waals surface area contributed by atoms with Crippen LogP contribution in [0.25, 0.3) is 0 Å². The van der Waals surface area contributed by atoms with Crippen LogP contribution in [0.5, 0.6) is 0 Å². The summed E-state index contributed by atoms with van der Waals surface area (Å²) in [4.78, 5) is 0. The third kappa shape index (κ3) is 5.72. The molecule has 0 saturated carbocycles. The number of hydrogen-bond donors (Lipinski definition) is 1. The van der Waals surface area contributed by atoms with Gasteiger partial charge < -0.3 is 5.32 Å². The maximum absolute atomic E-state index is 12.4. The van der Waals surface area contributed by atoms with Gasteiger partial charge in [-0.05, 0) is 25.7 Å². The van der Waals surface area contributed by atoms with Gasteiger partial charge in [0.05, 0.1) is 5.92 Å². The molecule has 1 rings (SSSR count). The maximum Gasteiger partial charge on any atom is 0.393 e. The van der Waals surface area contributed by atoms with Crippen molar-refractivity contribution in [3.63, 3.8) is 0 Å². The molecule has 1 N–H and O–H groups in total. The Balaban J connectivity index is 2.24. The lowest BCUT2D eigenvalue weighted by atomic mass is 9.92. The molecular weight excluding hydrogens is 255 g/mol. The van der Waals surface area contributed by atoms with Crippen molar-refractivity contribution in [2.24, 2.45) is 5.92 Å². The number of piperidine rings is 1. The SMILES string of the molecule is CS(=O)(=O)CCCC1CCC(C(F)(F)F)CN1. The van der Waals surface area contributed by atoms with E-state index in [9.17, 15) is 21.6 Å². The van der Waals surface area contributed by atoms with Crippen molar-refractivity contribution in [1.82, 2.24) is 5.32 Å². The molecule has 1 saturated heterocycles. The zero-order valence-electron chi connectivity index (χ0n) is 9.76. The number of alkyl halides is 3. The second-order valence-corrected chi connectivity index (χ2v) is 6.95. The van der Waals surface area contributed by atoms with Crippen LogP contribution < -0.4 is 5.32 Å². The van der Waals surface area contributed by atoms with E-state index in [1.165, 1.54) is 6.26 Å². The summed E-state index contributed by atoms with van der Waals surface area (Å²) in [6.45, 7) is -0.0486. The standard InChI is InChI=1S/C10H18F3NO2S/c1-17(15,16)6-2-3-9-5-4-8(7-14-9)10(11,12)13/h8-9,14H,2-7H2,1H3.